The molecule has 0 bridgehead atoms. The number of carbonyl (C=O) groups excluding carboxylic acids is 1. The maximum atomic E-state index is 12.2. The highest BCUT2D eigenvalue weighted by molar-refractivity contribution is 9.09. The van der Waals surface area contributed by atoms with E-state index >= 15 is 0 Å². The molecule has 0 fully saturated rings. The van der Waals surface area contributed by atoms with Gasteiger partial charge < -0.3 is 5.32 Å². The van der Waals surface area contributed by atoms with Gasteiger partial charge in [-0.1, -0.05) is 33.6 Å². The minimum atomic E-state index is -0.0782. The van der Waals surface area contributed by atoms with Crippen LogP contribution >= 0.6 is 27.5 Å². The molecule has 0 aliphatic carbocycles. The molecule has 0 saturated heterocycles. The van der Waals surface area contributed by atoms with Gasteiger partial charge in [-0.05, 0) is 31.5 Å². The Hall–Kier alpha value is -2.78. The van der Waals surface area contributed by atoms with Gasteiger partial charge in [0.05, 0.1) is 23.0 Å². The molecule has 1 N–H and O–H groups in total. The summed E-state index contributed by atoms with van der Waals surface area (Å²) in [5.41, 5.74) is 2.16. The van der Waals surface area contributed by atoms with Crippen molar-refractivity contribution in [2.45, 2.75) is 19.8 Å². The number of alkyl halides is 1. The molecule has 0 atom stereocenters. The third kappa shape index (κ3) is 4.01. The summed E-state index contributed by atoms with van der Waals surface area (Å²) in [6, 6.07) is 9.16. The van der Waals surface area contributed by atoms with Gasteiger partial charge in [0, 0.05) is 22.8 Å². The molecule has 29 heavy (non-hydrogen) atoms. The van der Waals surface area contributed by atoms with Crippen molar-refractivity contribution in [3.05, 3.63) is 53.6 Å². The van der Waals surface area contributed by atoms with Gasteiger partial charge in [-0.2, -0.15) is 14.9 Å². The van der Waals surface area contributed by atoms with E-state index in [-0.39, 0.29) is 5.91 Å². The molecule has 0 aliphatic rings. The fourth-order valence-electron chi connectivity index (χ4n) is 2.98. The van der Waals surface area contributed by atoms with E-state index in [1.54, 1.807) is 27.7 Å². The van der Waals surface area contributed by atoms with Crippen LogP contribution in [0.3, 0.4) is 0 Å². The summed E-state index contributed by atoms with van der Waals surface area (Å²) in [7, 11) is 0. The van der Waals surface area contributed by atoms with Crippen LogP contribution in [-0.2, 0) is 4.79 Å². The van der Waals surface area contributed by atoms with E-state index in [1.165, 1.54) is 6.33 Å². The Kier molecular flexibility index (Phi) is 5.59. The lowest BCUT2D eigenvalue weighted by Gasteiger charge is -2.09. The highest BCUT2D eigenvalue weighted by Crippen LogP contribution is 2.25. The summed E-state index contributed by atoms with van der Waals surface area (Å²) < 4.78 is 3.30. The molecule has 1 aromatic carbocycles. The number of halogens is 2. The SMILES string of the molecule is Cc1cc(NC(=O)CCCBr)n(-c2ncnc3c2cnn3-c2cccc(Cl)c2)n1. The maximum Gasteiger partial charge on any atom is 0.225 e. The summed E-state index contributed by atoms with van der Waals surface area (Å²) in [6.07, 6.45) is 4.30. The van der Waals surface area contributed by atoms with Crippen molar-refractivity contribution >= 4 is 50.3 Å². The number of amides is 1. The first kappa shape index (κ1) is 19.5. The minimum absolute atomic E-state index is 0.0782. The normalized spacial score (nSPS) is 11.1. The number of hydrogen-bond donors (Lipinski definition) is 1. The molecule has 0 unspecified atom stereocenters. The number of carbonyl (C=O) groups is 1. The van der Waals surface area contributed by atoms with Crippen LogP contribution in [0.5, 0.6) is 0 Å². The van der Waals surface area contributed by atoms with E-state index in [0.717, 1.165) is 23.1 Å². The van der Waals surface area contributed by atoms with Crippen LogP contribution in [0.1, 0.15) is 18.5 Å². The number of benzene rings is 1. The molecule has 4 rings (SSSR count). The van der Waals surface area contributed by atoms with Crippen LogP contribution < -0.4 is 5.32 Å². The number of aromatic nitrogens is 6. The zero-order valence-corrected chi connectivity index (χ0v) is 17.9. The highest BCUT2D eigenvalue weighted by Gasteiger charge is 2.17. The fourth-order valence-corrected chi connectivity index (χ4v) is 3.44. The van der Waals surface area contributed by atoms with Gasteiger partial charge >= 0.3 is 0 Å². The summed E-state index contributed by atoms with van der Waals surface area (Å²) in [4.78, 5) is 21.0. The Balaban J connectivity index is 1.77. The number of anilines is 1. The van der Waals surface area contributed by atoms with Gasteiger partial charge in [-0.15, -0.1) is 0 Å². The zero-order valence-electron chi connectivity index (χ0n) is 15.5. The molecule has 8 nitrogen and oxygen atoms in total. The molecule has 10 heteroatoms. The van der Waals surface area contributed by atoms with Crippen molar-refractivity contribution in [1.29, 1.82) is 0 Å². The van der Waals surface area contributed by atoms with Crippen LogP contribution in [0.4, 0.5) is 5.82 Å². The van der Waals surface area contributed by atoms with Crippen LogP contribution in [-0.4, -0.2) is 40.8 Å². The second-order valence-corrected chi connectivity index (χ2v) is 7.62. The smallest absolute Gasteiger partial charge is 0.225 e. The summed E-state index contributed by atoms with van der Waals surface area (Å²) in [5.74, 6) is 1.01. The first-order valence-electron chi connectivity index (χ1n) is 8.94. The number of nitrogens with zero attached hydrogens (tertiary/aromatic N) is 6. The van der Waals surface area contributed by atoms with Crippen molar-refractivity contribution in [1.82, 2.24) is 29.5 Å². The van der Waals surface area contributed by atoms with E-state index < -0.39 is 0 Å². The van der Waals surface area contributed by atoms with E-state index in [9.17, 15) is 4.79 Å². The van der Waals surface area contributed by atoms with Gasteiger partial charge in [-0.3, -0.25) is 4.79 Å². The lowest BCUT2D eigenvalue weighted by Crippen LogP contribution is -2.15. The maximum absolute atomic E-state index is 12.2. The van der Waals surface area contributed by atoms with Gasteiger partial charge in [-0.25, -0.2) is 14.6 Å². The molecule has 1 amide bonds. The lowest BCUT2D eigenvalue weighted by molar-refractivity contribution is -0.116. The van der Waals surface area contributed by atoms with Gasteiger partial charge in [0.1, 0.15) is 12.1 Å². The zero-order chi connectivity index (χ0) is 20.4. The number of aryl methyl sites for hydroxylation is 1. The Morgan fingerprint density at radius 3 is 2.90 bits per heavy atom. The predicted molar refractivity (Wildman–Crippen MR) is 115 cm³/mol. The summed E-state index contributed by atoms with van der Waals surface area (Å²) in [5, 5.41) is 13.9. The van der Waals surface area contributed by atoms with Crippen molar-refractivity contribution in [3.63, 3.8) is 0 Å². The predicted octanol–water partition coefficient (Wildman–Crippen LogP) is 4.08. The Bertz CT molecular complexity index is 1190. The monoisotopic (exact) mass is 473 g/mol. The van der Waals surface area contributed by atoms with E-state index in [2.05, 4.69) is 41.4 Å². The second kappa shape index (κ2) is 8.30. The third-order valence-electron chi connectivity index (χ3n) is 4.23. The average molecular weight is 475 g/mol. The first-order valence-corrected chi connectivity index (χ1v) is 10.4. The largest absolute Gasteiger partial charge is 0.311 e. The molecule has 0 saturated carbocycles. The Morgan fingerprint density at radius 2 is 2.10 bits per heavy atom. The molecule has 3 heterocycles. The molecule has 0 radical (unpaired) electrons. The topological polar surface area (TPSA) is 90.5 Å². The molecule has 4 aromatic rings. The van der Waals surface area contributed by atoms with Crippen molar-refractivity contribution in [2.75, 3.05) is 10.6 Å². The Labute approximate surface area is 180 Å². The van der Waals surface area contributed by atoms with Gasteiger partial charge in [0.2, 0.25) is 5.91 Å². The molecule has 0 spiro atoms. The number of rotatable bonds is 6. The lowest BCUT2D eigenvalue weighted by atomic mass is 10.3. The molecular weight excluding hydrogens is 458 g/mol. The highest BCUT2D eigenvalue weighted by atomic mass is 79.9. The summed E-state index contributed by atoms with van der Waals surface area (Å²) in [6.45, 7) is 1.86. The van der Waals surface area contributed by atoms with E-state index in [1.807, 2.05) is 25.1 Å². The Morgan fingerprint density at radius 1 is 1.24 bits per heavy atom. The van der Waals surface area contributed by atoms with Crippen molar-refractivity contribution in [2.24, 2.45) is 0 Å². The third-order valence-corrected chi connectivity index (χ3v) is 5.03. The van der Waals surface area contributed by atoms with Crippen LogP contribution in [0.15, 0.2) is 42.9 Å². The number of hydrogen-bond acceptors (Lipinski definition) is 5. The standard InChI is InChI=1S/C19H17BrClN7O/c1-12-8-16(25-17(29)6-3-7-20)28(26-12)19-15-10-24-27(18(15)22-11-23-19)14-5-2-4-13(21)9-14/h2,4-5,8-11H,3,6-7H2,1H3,(H,25,29). The number of nitrogens with one attached hydrogen (secondary N) is 1. The van der Waals surface area contributed by atoms with E-state index in [0.29, 0.717) is 34.1 Å². The van der Waals surface area contributed by atoms with Crippen LogP contribution in [0.2, 0.25) is 5.02 Å². The molecule has 148 valence electrons. The van der Waals surface area contributed by atoms with Crippen molar-refractivity contribution < 1.29 is 4.79 Å². The summed E-state index contributed by atoms with van der Waals surface area (Å²) >= 11 is 9.46. The molecule has 3 aromatic heterocycles. The van der Waals surface area contributed by atoms with Gasteiger partial charge in [0.25, 0.3) is 0 Å². The van der Waals surface area contributed by atoms with Crippen molar-refractivity contribution in [3.8, 4) is 11.5 Å². The number of fused-ring (bicyclic) bond motifs is 1. The fraction of sp³-hybridized carbons (Fsp3) is 0.211. The van der Waals surface area contributed by atoms with Crippen LogP contribution in [0.25, 0.3) is 22.5 Å². The average Bonchev–Trinajstić information content (AvgIpc) is 3.29. The van der Waals surface area contributed by atoms with Gasteiger partial charge in [0.15, 0.2) is 11.5 Å². The van der Waals surface area contributed by atoms with Crippen LogP contribution in [0, 0.1) is 6.92 Å². The minimum Gasteiger partial charge on any atom is -0.311 e. The molecule has 0 aliphatic heterocycles. The quantitative estimate of drug-likeness (QED) is 0.425. The van der Waals surface area contributed by atoms with E-state index in [4.69, 9.17) is 11.6 Å². The molecular formula is C19H17BrClN7O. The first-order chi connectivity index (χ1) is 14.1. The second-order valence-electron chi connectivity index (χ2n) is 6.39.